The van der Waals surface area contributed by atoms with Crippen molar-refractivity contribution >= 4 is 5.91 Å². The molecule has 1 aromatic heterocycles. The van der Waals surface area contributed by atoms with E-state index in [-0.39, 0.29) is 28.4 Å². The summed E-state index contributed by atoms with van der Waals surface area (Å²) in [6.45, 7) is 8.42. The average Bonchev–Trinajstić information content (AvgIpc) is 2.23. The molecule has 0 spiro atoms. The van der Waals surface area contributed by atoms with Crippen LogP contribution in [0.3, 0.4) is 0 Å². The molecule has 0 aliphatic heterocycles. The third kappa shape index (κ3) is 5.26. The zero-order valence-corrected chi connectivity index (χ0v) is 12.0. The molecular weight excluding hydrogens is 242 g/mol. The number of aromatic nitrogens is 1. The lowest BCUT2D eigenvalue weighted by Crippen LogP contribution is -2.40. The number of amides is 1. The Labute approximate surface area is 113 Å². The molecule has 0 aliphatic rings. The molecule has 0 saturated heterocycles. The number of nitrogens with one attached hydrogen (secondary N) is 2. The maximum Gasteiger partial charge on any atom is 0.256 e. The van der Waals surface area contributed by atoms with E-state index in [1.165, 1.54) is 12.3 Å². The number of pyridine rings is 1. The lowest BCUT2D eigenvalue weighted by atomic mass is 9.88. The number of carbonyl (C=O) groups excluding carboxylic acids is 1. The summed E-state index contributed by atoms with van der Waals surface area (Å²) in [5.41, 5.74) is 6.63. The molecule has 1 heterocycles. The Morgan fingerprint density at radius 2 is 2.11 bits per heavy atom. The van der Waals surface area contributed by atoms with Gasteiger partial charge >= 0.3 is 0 Å². The predicted molar refractivity (Wildman–Crippen MR) is 76.2 cm³/mol. The zero-order valence-electron chi connectivity index (χ0n) is 12.0. The van der Waals surface area contributed by atoms with Crippen LogP contribution in [0.25, 0.3) is 0 Å². The van der Waals surface area contributed by atoms with E-state index in [0.717, 1.165) is 12.1 Å². The van der Waals surface area contributed by atoms with Crippen molar-refractivity contribution in [2.45, 2.75) is 40.2 Å². The molecule has 0 aliphatic carbocycles. The van der Waals surface area contributed by atoms with Crippen molar-refractivity contribution in [2.75, 3.05) is 6.54 Å². The first-order chi connectivity index (χ1) is 8.69. The normalized spacial score (nSPS) is 13.1. The quantitative estimate of drug-likeness (QED) is 0.763. The summed E-state index contributed by atoms with van der Waals surface area (Å²) in [7, 11) is 0. The second-order valence-corrected chi connectivity index (χ2v) is 6.13. The third-order valence-electron chi connectivity index (χ3n) is 2.70. The van der Waals surface area contributed by atoms with Crippen molar-refractivity contribution in [1.82, 2.24) is 10.3 Å². The van der Waals surface area contributed by atoms with Gasteiger partial charge in [-0.2, -0.15) is 0 Å². The first kappa shape index (κ1) is 15.4. The lowest BCUT2D eigenvalue weighted by molar-refractivity contribution is 0.0947. The number of nitrogens with two attached hydrogens (primary N) is 1. The average molecular weight is 265 g/mol. The topological polar surface area (TPSA) is 88.0 Å². The van der Waals surface area contributed by atoms with Gasteiger partial charge in [0, 0.05) is 30.5 Å². The number of rotatable bonds is 4. The Balaban J connectivity index is 2.59. The van der Waals surface area contributed by atoms with E-state index in [9.17, 15) is 9.59 Å². The van der Waals surface area contributed by atoms with Gasteiger partial charge in [0.25, 0.3) is 5.91 Å². The Bertz CT molecular complexity index is 500. The Hall–Kier alpha value is -1.62. The van der Waals surface area contributed by atoms with Crippen LogP contribution in [0.2, 0.25) is 0 Å². The van der Waals surface area contributed by atoms with E-state index >= 15 is 0 Å². The summed E-state index contributed by atoms with van der Waals surface area (Å²) in [5.74, 6) is -0.384. The summed E-state index contributed by atoms with van der Waals surface area (Å²) >= 11 is 0. The van der Waals surface area contributed by atoms with Gasteiger partial charge in [0.1, 0.15) is 5.56 Å². The predicted octanol–water partition coefficient (Wildman–Crippen LogP) is 1.18. The molecule has 0 radical (unpaired) electrons. The smallest absolute Gasteiger partial charge is 0.256 e. The highest BCUT2D eigenvalue weighted by Gasteiger charge is 2.17. The molecule has 0 fully saturated rings. The fraction of sp³-hybridized carbons (Fsp3) is 0.571. The first-order valence-corrected chi connectivity index (χ1v) is 6.42. The minimum Gasteiger partial charge on any atom is -0.364 e. The van der Waals surface area contributed by atoms with Crippen LogP contribution in [0.5, 0.6) is 0 Å². The molecule has 4 N–H and O–H groups in total. The molecule has 0 saturated carbocycles. The molecule has 1 unspecified atom stereocenters. The number of carbonyl (C=O) groups is 1. The van der Waals surface area contributed by atoms with Crippen LogP contribution in [0.1, 0.15) is 43.2 Å². The highest BCUT2D eigenvalue weighted by Crippen LogP contribution is 2.19. The van der Waals surface area contributed by atoms with E-state index in [1.807, 2.05) is 0 Å². The van der Waals surface area contributed by atoms with Crippen LogP contribution in [0.4, 0.5) is 0 Å². The Morgan fingerprint density at radius 1 is 1.47 bits per heavy atom. The van der Waals surface area contributed by atoms with Crippen molar-refractivity contribution in [3.05, 3.63) is 33.7 Å². The van der Waals surface area contributed by atoms with Crippen LogP contribution in [0, 0.1) is 12.3 Å². The van der Waals surface area contributed by atoms with Gasteiger partial charge in [-0.3, -0.25) is 9.59 Å². The van der Waals surface area contributed by atoms with Crippen molar-refractivity contribution in [2.24, 2.45) is 11.1 Å². The largest absolute Gasteiger partial charge is 0.364 e. The number of hydrogen-bond donors (Lipinski definition) is 3. The highest BCUT2D eigenvalue weighted by molar-refractivity contribution is 5.93. The Kier molecular flexibility index (Phi) is 4.89. The molecule has 1 aromatic rings. The number of aryl methyl sites for hydroxylation is 1. The van der Waals surface area contributed by atoms with Crippen molar-refractivity contribution < 1.29 is 4.79 Å². The molecule has 5 heteroatoms. The van der Waals surface area contributed by atoms with Crippen molar-refractivity contribution in [3.8, 4) is 0 Å². The molecule has 1 rings (SSSR count). The van der Waals surface area contributed by atoms with E-state index in [0.29, 0.717) is 6.54 Å². The van der Waals surface area contributed by atoms with E-state index in [1.54, 1.807) is 6.92 Å². The molecule has 106 valence electrons. The fourth-order valence-electron chi connectivity index (χ4n) is 1.93. The molecule has 1 amide bonds. The van der Waals surface area contributed by atoms with E-state index in [2.05, 4.69) is 31.1 Å². The monoisotopic (exact) mass is 265 g/mol. The second-order valence-electron chi connectivity index (χ2n) is 6.13. The molecule has 19 heavy (non-hydrogen) atoms. The summed E-state index contributed by atoms with van der Waals surface area (Å²) in [6.07, 6.45) is 2.24. The number of H-pyrrole nitrogens is 1. The standard InChI is InChI=1S/C14H23N3O2/c1-9-5-12(18)11(8-16-9)13(19)17-7-10(15)6-14(2,3)4/h5,8,10H,6-7,15H2,1-4H3,(H,16,18)(H,17,19). The van der Waals surface area contributed by atoms with Gasteiger partial charge in [-0.25, -0.2) is 0 Å². The second kappa shape index (κ2) is 6.02. The minimum atomic E-state index is -0.384. The number of aromatic amines is 1. The summed E-state index contributed by atoms with van der Waals surface area (Å²) in [6, 6.07) is 1.29. The van der Waals surface area contributed by atoms with Gasteiger partial charge in [-0.05, 0) is 18.8 Å². The minimum absolute atomic E-state index is 0.117. The molecule has 1 atom stereocenters. The summed E-state index contributed by atoms with van der Waals surface area (Å²) in [5, 5.41) is 2.70. The third-order valence-corrected chi connectivity index (χ3v) is 2.70. The SMILES string of the molecule is Cc1cc(=O)c(C(=O)NCC(N)CC(C)(C)C)c[nH]1. The van der Waals surface area contributed by atoms with Crippen molar-refractivity contribution in [3.63, 3.8) is 0 Å². The van der Waals surface area contributed by atoms with Gasteiger partial charge < -0.3 is 16.0 Å². The van der Waals surface area contributed by atoms with Crippen molar-refractivity contribution in [1.29, 1.82) is 0 Å². The fourth-order valence-corrected chi connectivity index (χ4v) is 1.93. The lowest BCUT2D eigenvalue weighted by Gasteiger charge is -2.23. The molecule has 5 nitrogen and oxygen atoms in total. The summed E-state index contributed by atoms with van der Waals surface area (Å²) in [4.78, 5) is 26.4. The number of hydrogen-bond acceptors (Lipinski definition) is 3. The van der Waals surface area contributed by atoms with E-state index in [4.69, 9.17) is 5.73 Å². The van der Waals surface area contributed by atoms with Gasteiger partial charge in [0.15, 0.2) is 5.43 Å². The van der Waals surface area contributed by atoms with Crippen LogP contribution in [0.15, 0.2) is 17.1 Å². The summed E-state index contributed by atoms with van der Waals surface area (Å²) < 4.78 is 0. The maximum absolute atomic E-state index is 11.9. The zero-order chi connectivity index (χ0) is 14.6. The van der Waals surface area contributed by atoms with Crippen LogP contribution < -0.4 is 16.5 Å². The van der Waals surface area contributed by atoms with Crippen LogP contribution >= 0.6 is 0 Å². The first-order valence-electron chi connectivity index (χ1n) is 6.42. The van der Waals surface area contributed by atoms with Crippen LogP contribution in [-0.4, -0.2) is 23.5 Å². The highest BCUT2D eigenvalue weighted by atomic mass is 16.2. The van der Waals surface area contributed by atoms with Gasteiger partial charge in [-0.15, -0.1) is 0 Å². The van der Waals surface area contributed by atoms with Gasteiger partial charge in [0.2, 0.25) is 0 Å². The van der Waals surface area contributed by atoms with E-state index < -0.39 is 0 Å². The van der Waals surface area contributed by atoms with Gasteiger partial charge in [0.05, 0.1) is 0 Å². The van der Waals surface area contributed by atoms with Crippen LogP contribution in [-0.2, 0) is 0 Å². The maximum atomic E-state index is 11.9. The van der Waals surface area contributed by atoms with Gasteiger partial charge in [-0.1, -0.05) is 20.8 Å². The Morgan fingerprint density at radius 3 is 2.63 bits per heavy atom. The molecule has 0 aromatic carbocycles. The molecular formula is C14H23N3O2. The molecule has 0 bridgehead atoms.